The van der Waals surface area contributed by atoms with Crippen molar-refractivity contribution in [2.24, 2.45) is 0 Å². The van der Waals surface area contributed by atoms with Crippen LogP contribution < -0.4 is 5.32 Å². The fourth-order valence-electron chi connectivity index (χ4n) is 3.69. The molecular formula is C24H30N2O4. The van der Waals surface area contributed by atoms with Crippen LogP contribution in [0.4, 0.5) is 10.5 Å². The lowest BCUT2D eigenvalue weighted by atomic mass is 9.90. The van der Waals surface area contributed by atoms with Crippen LogP contribution >= 0.6 is 0 Å². The quantitative estimate of drug-likeness (QED) is 0.682. The number of hydrogen-bond donors (Lipinski definition) is 1. The predicted molar refractivity (Wildman–Crippen MR) is 116 cm³/mol. The van der Waals surface area contributed by atoms with Gasteiger partial charge in [0, 0.05) is 24.7 Å². The number of carbonyl (C=O) groups is 2. The van der Waals surface area contributed by atoms with Gasteiger partial charge in [0.05, 0.1) is 6.61 Å². The van der Waals surface area contributed by atoms with Gasteiger partial charge in [-0.05, 0) is 49.4 Å². The van der Waals surface area contributed by atoms with E-state index in [9.17, 15) is 9.59 Å². The van der Waals surface area contributed by atoms with E-state index in [1.165, 1.54) is 0 Å². The molecular weight excluding hydrogens is 380 g/mol. The minimum atomic E-state index is -0.271. The number of rotatable bonds is 7. The van der Waals surface area contributed by atoms with Gasteiger partial charge in [-0.3, -0.25) is 4.79 Å². The molecule has 3 rings (SSSR count). The zero-order valence-corrected chi connectivity index (χ0v) is 17.7. The van der Waals surface area contributed by atoms with E-state index >= 15 is 0 Å². The van der Waals surface area contributed by atoms with Crippen LogP contribution in [0.15, 0.2) is 48.5 Å². The number of hydrogen-bond acceptors (Lipinski definition) is 5. The van der Waals surface area contributed by atoms with Gasteiger partial charge >= 0.3 is 12.1 Å². The third-order valence-electron chi connectivity index (χ3n) is 5.35. The number of esters is 1. The van der Waals surface area contributed by atoms with Crippen molar-refractivity contribution in [3.63, 3.8) is 0 Å². The van der Waals surface area contributed by atoms with Gasteiger partial charge < -0.3 is 19.7 Å². The zero-order chi connectivity index (χ0) is 21.3. The molecule has 160 valence electrons. The maximum atomic E-state index is 12.5. The molecule has 1 saturated heterocycles. The molecule has 0 radical (unpaired) electrons. The summed E-state index contributed by atoms with van der Waals surface area (Å²) in [7, 11) is 0. The van der Waals surface area contributed by atoms with Crippen molar-refractivity contribution in [1.29, 1.82) is 0 Å². The summed E-state index contributed by atoms with van der Waals surface area (Å²) in [6, 6.07) is 15.9. The predicted octanol–water partition coefficient (Wildman–Crippen LogP) is 4.49. The van der Waals surface area contributed by atoms with Gasteiger partial charge in [0.15, 0.2) is 0 Å². The smallest absolute Gasteiger partial charge is 0.410 e. The number of amides is 1. The Bertz CT molecular complexity index is 854. The molecule has 1 aliphatic heterocycles. The van der Waals surface area contributed by atoms with Crippen LogP contribution in [0.3, 0.4) is 0 Å². The second-order valence-corrected chi connectivity index (χ2v) is 7.56. The van der Waals surface area contributed by atoms with Crippen molar-refractivity contribution in [3.8, 4) is 0 Å². The van der Waals surface area contributed by atoms with Gasteiger partial charge in [0.25, 0.3) is 0 Å². The highest BCUT2D eigenvalue weighted by Crippen LogP contribution is 2.30. The highest BCUT2D eigenvalue weighted by atomic mass is 16.6. The lowest BCUT2D eigenvalue weighted by molar-refractivity contribution is -0.140. The first kappa shape index (κ1) is 21.7. The first-order valence-electron chi connectivity index (χ1n) is 10.5. The van der Waals surface area contributed by atoms with Crippen LogP contribution in [0, 0.1) is 6.92 Å². The average molecular weight is 411 g/mol. The SMILES string of the molecule is CCOC(=O)CNc1cc(C2CCCN(C(=O)OCc3ccccc3)C2)ccc1C. The molecule has 1 atom stereocenters. The van der Waals surface area contributed by atoms with Crippen LogP contribution in [-0.4, -0.2) is 43.2 Å². The molecule has 1 aliphatic rings. The summed E-state index contributed by atoms with van der Waals surface area (Å²) in [6.45, 7) is 5.94. The summed E-state index contributed by atoms with van der Waals surface area (Å²) >= 11 is 0. The average Bonchev–Trinajstić information content (AvgIpc) is 2.78. The van der Waals surface area contributed by atoms with Gasteiger partial charge in [-0.15, -0.1) is 0 Å². The summed E-state index contributed by atoms with van der Waals surface area (Å²) in [6.07, 6.45) is 1.68. The van der Waals surface area contributed by atoms with E-state index in [2.05, 4.69) is 23.5 Å². The Labute approximate surface area is 178 Å². The maximum Gasteiger partial charge on any atom is 0.410 e. The first-order valence-corrected chi connectivity index (χ1v) is 10.5. The van der Waals surface area contributed by atoms with E-state index in [1.807, 2.05) is 37.3 Å². The molecule has 0 spiro atoms. The van der Waals surface area contributed by atoms with Gasteiger partial charge in [0.2, 0.25) is 0 Å². The minimum absolute atomic E-state index is 0.140. The van der Waals surface area contributed by atoms with E-state index in [4.69, 9.17) is 9.47 Å². The molecule has 1 unspecified atom stereocenters. The standard InChI is InChI=1S/C24H30N2O4/c1-3-29-23(27)15-25-22-14-20(12-11-18(22)2)21-10-7-13-26(16-21)24(28)30-17-19-8-5-4-6-9-19/h4-6,8-9,11-12,14,21,25H,3,7,10,13,15-17H2,1-2H3. The van der Waals surface area contributed by atoms with E-state index < -0.39 is 0 Å². The van der Waals surface area contributed by atoms with Crippen LogP contribution in [0.1, 0.15) is 42.4 Å². The van der Waals surface area contributed by atoms with Crippen LogP contribution in [0.25, 0.3) is 0 Å². The van der Waals surface area contributed by atoms with Crippen LogP contribution in [-0.2, 0) is 20.9 Å². The molecule has 2 aromatic carbocycles. The van der Waals surface area contributed by atoms with Crippen LogP contribution in [0.5, 0.6) is 0 Å². The van der Waals surface area contributed by atoms with Crippen molar-refractivity contribution in [1.82, 2.24) is 4.90 Å². The monoisotopic (exact) mass is 410 g/mol. The number of ether oxygens (including phenoxy) is 2. The molecule has 1 heterocycles. The van der Waals surface area contributed by atoms with E-state index in [1.54, 1.807) is 11.8 Å². The van der Waals surface area contributed by atoms with E-state index in [0.717, 1.165) is 35.2 Å². The molecule has 0 bridgehead atoms. The largest absolute Gasteiger partial charge is 0.465 e. The number of carbonyl (C=O) groups excluding carboxylic acids is 2. The Morgan fingerprint density at radius 2 is 1.93 bits per heavy atom. The number of aryl methyl sites for hydroxylation is 1. The molecule has 1 N–H and O–H groups in total. The van der Waals surface area contributed by atoms with Crippen LogP contribution in [0.2, 0.25) is 0 Å². The molecule has 1 amide bonds. The van der Waals surface area contributed by atoms with Crippen molar-refractivity contribution in [2.45, 2.75) is 39.2 Å². The highest BCUT2D eigenvalue weighted by molar-refractivity contribution is 5.75. The Hall–Kier alpha value is -3.02. The number of anilines is 1. The Kier molecular flexibility index (Phi) is 7.71. The number of nitrogens with one attached hydrogen (secondary N) is 1. The van der Waals surface area contributed by atoms with E-state index in [0.29, 0.717) is 19.7 Å². The summed E-state index contributed by atoms with van der Waals surface area (Å²) in [5, 5.41) is 3.17. The number of piperidine rings is 1. The molecule has 0 aliphatic carbocycles. The lowest BCUT2D eigenvalue weighted by Crippen LogP contribution is -2.39. The summed E-state index contributed by atoms with van der Waals surface area (Å²) in [4.78, 5) is 26.0. The maximum absolute atomic E-state index is 12.5. The lowest BCUT2D eigenvalue weighted by Gasteiger charge is -2.32. The Morgan fingerprint density at radius 3 is 2.70 bits per heavy atom. The summed E-state index contributed by atoms with van der Waals surface area (Å²) < 4.78 is 10.5. The molecule has 2 aromatic rings. The van der Waals surface area contributed by atoms with Gasteiger partial charge in [0.1, 0.15) is 13.2 Å². The second-order valence-electron chi connectivity index (χ2n) is 7.56. The third-order valence-corrected chi connectivity index (χ3v) is 5.35. The third kappa shape index (κ3) is 5.99. The molecule has 6 nitrogen and oxygen atoms in total. The molecule has 30 heavy (non-hydrogen) atoms. The van der Waals surface area contributed by atoms with Crippen molar-refractivity contribution in [3.05, 3.63) is 65.2 Å². The Balaban J connectivity index is 1.59. The topological polar surface area (TPSA) is 67.9 Å². The normalized spacial score (nSPS) is 16.1. The first-order chi connectivity index (χ1) is 14.6. The molecule has 1 fully saturated rings. The summed E-state index contributed by atoms with van der Waals surface area (Å²) in [5.41, 5.74) is 4.13. The van der Waals surface area contributed by atoms with Crippen molar-refractivity contribution < 1.29 is 19.1 Å². The zero-order valence-electron chi connectivity index (χ0n) is 17.7. The number of nitrogens with zero attached hydrogens (tertiary/aromatic N) is 1. The highest BCUT2D eigenvalue weighted by Gasteiger charge is 2.26. The van der Waals surface area contributed by atoms with Crippen molar-refractivity contribution in [2.75, 3.05) is 31.6 Å². The van der Waals surface area contributed by atoms with Crippen molar-refractivity contribution >= 4 is 17.7 Å². The van der Waals surface area contributed by atoms with E-state index in [-0.39, 0.29) is 31.1 Å². The van der Waals surface area contributed by atoms with Gasteiger partial charge in [-0.25, -0.2) is 4.79 Å². The summed E-state index contributed by atoms with van der Waals surface area (Å²) in [5.74, 6) is -0.0286. The molecule has 0 aromatic heterocycles. The number of benzene rings is 2. The van der Waals surface area contributed by atoms with Gasteiger partial charge in [-0.1, -0.05) is 42.5 Å². The Morgan fingerprint density at radius 1 is 1.13 bits per heavy atom. The second kappa shape index (κ2) is 10.7. The minimum Gasteiger partial charge on any atom is -0.465 e. The number of likely N-dealkylation sites (tertiary alicyclic amines) is 1. The van der Waals surface area contributed by atoms with Gasteiger partial charge in [-0.2, -0.15) is 0 Å². The molecule has 0 saturated carbocycles. The fraction of sp³-hybridized carbons (Fsp3) is 0.417. The molecule has 6 heteroatoms. The fourth-order valence-corrected chi connectivity index (χ4v) is 3.69.